The Labute approximate surface area is 150 Å². The van der Waals surface area contributed by atoms with Gasteiger partial charge in [0.05, 0.1) is 20.3 Å². The molecule has 0 aliphatic rings. The van der Waals surface area contributed by atoms with Crippen molar-refractivity contribution in [2.45, 2.75) is 33.7 Å². The summed E-state index contributed by atoms with van der Waals surface area (Å²) < 4.78 is 11.0. The molecule has 0 saturated heterocycles. The van der Waals surface area contributed by atoms with Crippen LogP contribution in [0.15, 0.2) is 23.2 Å². The van der Waals surface area contributed by atoms with Crippen molar-refractivity contribution < 1.29 is 9.47 Å². The van der Waals surface area contributed by atoms with Crippen LogP contribution in [0.5, 0.6) is 11.5 Å². The number of guanidine groups is 1. The SMILES string of the molecule is CCCOc1ccc(CN=C(NCC)NCC)cc1OC.I. The fourth-order valence-corrected chi connectivity index (χ4v) is 1.82. The molecule has 0 bridgehead atoms. The quantitative estimate of drug-likeness (QED) is 0.385. The summed E-state index contributed by atoms with van der Waals surface area (Å²) in [4.78, 5) is 4.54. The normalized spacial score (nSPS) is 9.45. The highest BCUT2D eigenvalue weighted by atomic mass is 127. The van der Waals surface area contributed by atoms with Crippen molar-refractivity contribution in [1.82, 2.24) is 10.6 Å². The lowest BCUT2D eigenvalue weighted by Crippen LogP contribution is -2.36. The summed E-state index contributed by atoms with van der Waals surface area (Å²) in [5.74, 6) is 2.36. The van der Waals surface area contributed by atoms with Crippen molar-refractivity contribution >= 4 is 29.9 Å². The van der Waals surface area contributed by atoms with Gasteiger partial charge in [-0.25, -0.2) is 4.99 Å². The van der Waals surface area contributed by atoms with Gasteiger partial charge in [0.2, 0.25) is 0 Å². The van der Waals surface area contributed by atoms with Crippen molar-refractivity contribution in [2.24, 2.45) is 4.99 Å². The summed E-state index contributed by atoms with van der Waals surface area (Å²) in [6, 6.07) is 5.94. The van der Waals surface area contributed by atoms with E-state index in [2.05, 4.69) is 36.4 Å². The molecule has 1 aromatic carbocycles. The van der Waals surface area contributed by atoms with E-state index in [0.29, 0.717) is 13.2 Å². The van der Waals surface area contributed by atoms with E-state index in [-0.39, 0.29) is 24.0 Å². The summed E-state index contributed by atoms with van der Waals surface area (Å²) in [5.41, 5.74) is 1.09. The Morgan fingerprint density at radius 3 is 2.32 bits per heavy atom. The van der Waals surface area contributed by atoms with E-state index < -0.39 is 0 Å². The zero-order valence-corrected chi connectivity index (χ0v) is 16.3. The average molecular weight is 421 g/mol. The van der Waals surface area contributed by atoms with Gasteiger partial charge >= 0.3 is 0 Å². The monoisotopic (exact) mass is 421 g/mol. The number of methoxy groups -OCH3 is 1. The predicted octanol–water partition coefficient (Wildman–Crippen LogP) is 3.18. The Morgan fingerprint density at radius 2 is 1.77 bits per heavy atom. The second-order valence-corrected chi connectivity index (χ2v) is 4.56. The van der Waals surface area contributed by atoms with Crippen LogP contribution in [0.25, 0.3) is 0 Å². The Hall–Kier alpha value is -1.18. The highest BCUT2D eigenvalue weighted by Gasteiger charge is 2.05. The van der Waals surface area contributed by atoms with Gasteiger partial charge in [-0.1, -0.05) is 13.0 Å². The number of hydrogen-bond donors (Lipinski definition) is 2. The summed E-state index contributed by atoms with van der Waals surface area (Å²) in [6.45, 7) is 9.17. The van der Waals surface area contributed by atoms with Gasteiger partial charge in [0.15, 0.2) is 17.5 Å². The van der Waals surface area contributed by atoms with Crippen LogP contribution in [-0.2, 0) is 6.54 Å². The zero-order valence-electron chi connectivity index (χ0n) is 13.9. The van der Waals surface area contributed by atoms with E-state index in [1.54, 1.807) is 7.11 Å². The van der Waals surface area contributed by atoms with Gasteiger partial charge in [0.25, 0.3) is 0 Å². The number of halogens is 1. The fraction of sp³-hybridized carbons (Fsp3) is 0.562. The molecule has 0 aliphatic heterocycles. The number of benzene rings is 1. The number of aliphatic imine (C=N–C) groups is 1. The van der Waals surface area contributed by atoms with Crippen molar-refractivity contribution in [3.8, 4) is 11.5 Å². The van der Waals surface area contributed by atoms with Crippen LogP contribution in [-0.4, -0.2) is 32.8 Å². The van der Waals surface area contributed by atoms with E-state index in [4.69, 9.17) is 9.47 Å². The van der Waals surface area contributed by atoms with E-state index in [1.807, 2.05) is 18.2 Å². The molecule has 0 fully saturated rings. The Balaban J connectivity index is 0.00000441. The maximum Gasteiger partial charge on any atom is 0.191 e. The van der Waals surface area contributed by atoms with Gasteiger partial charge in [-0.2, -0.15) is 0 Å². The van der Waals surface area contributed by atoms with Crippen molar-refractivity contribution in [2.75, 3.05) is 26.8 Å². The lowest BCUT2D eigenvalue weighted by atomic mass is 10.2. The maximum atomic E-state index is 5.65. The third-order valence-electron chi connectivity index (χ3n) is 2.80. The van der Waals surface area contributed by atoms with E-state index in [9.17, 15) is 0 Å². The minimum Gasteiger partial charge on any atom is -0.493 e. The smallest absolute Gasteiger partial charge is 0.191 e. The van der Waals surface area contributed by atoms with E-state index in [1.165, 1.54) is 0 Å². The van der Waals surface area contributed by atoms with Crippen LogP contribution in [0.4, 0.5) is 0 Å². The highest BCUT2D eigenvalue weighted by Crippen LogP contribution is 2.28. The second-order valence-electron chi connectivity index (χ2n) is 4.56. The molecule has 2 N–H and O–H groups in total. The minimum absolute atomic E-state index is 0. The second kappa shape index (κ2) is 12.4. The molecule has 0 aliphatic carbocycles. The molecule has 1 rings (SSSR count). The lowest BCUT2D eigenvalue weighted by molar-refractivity contribution is 0.294. The third kappa shape index (κ3) is 7.20. The van der Waals surface area contributed by atoms with E-state index >= 15 is 0 Å². The van der Waals surface area contributed by atoms with Crippen molar-refractivity contribution in [3.63, 3.8) is 0 Å². The number of nitrogens with zero attached hydrogens (tertiary/aromatic N) is 1. The topological polar surface area (TPSA) is 54.9 Å². The molecule has 126 valence electrons. The van der Waals surface area contributed by atoms with Crippen molar-refractivity contribution in [1.29, 1.82) is 0 Å². The first-order chi connectivity index (χ1) is 10.2. The van der Waals surface area contributed by atoms with Gasteiger partial charge in [-0.15, -0.1) is 24.0 Å². The standard InChI is InChI=1S/C16H27N3O2.HI/c1-5-10-21-14-9-8-13(11-15(14)20-4)12-19-16(17-6-2)18-7-3;/h8-9,11H,5-7,10,12H2,1-4H3,(H2,17,18,19);1H. The van der Waals surface area contributed by atoms with Crippen LogP contribution in [0.3, 0.4) is 0 Å². The lowest BCUT2D eigenvalue weighted by Gasteiger charge is -2.12. The molecular formula is C16H28IN3O2. The van der Waals surface area contributed by atoms with Crippen LogP contribution in [0, 0.1) is 0 Å². The molecule has 6 heteroatoms. The first-order valence-electron chi connectivity index (χ1n) is 7.57. The molecule has 0 amide bonds. The molecule has 0 heterocycles. The molecule has 0 unspecified atom stereocenters. The number of nitrogens with one attached hydrogen (secondary N) is 2. The molecule has 1 aromatic rings. The predicted molar refractivity (Wildman–Crippen MR) is 103 cm³/mol. The Bertz CT molecular complexity index is 445. The summed E-state index contributed by atoms with van der Waals surface area (Å²) in [5, 5.41) is 6.41. The Kier molecular flexibility index (Phi) is 11.7. The summed E-state index contributed by atoms with van der Waals surface area (Å²) in [6.07, 6.45) is 0.976. The molecule has 0 atom stereocenters. The van der Waals surface area contributed by atoms with Crippen molar-refractivity contribution in [3.05, 3.63) is 23.8 Å². The van der Waals surface area contributed by atoms with Gasteiger partial charge in [-0.3, -0.25) is 0 Å². The largest absolute Gasteiger partial charge is 0.493 e. The van der Waals surface area contributed by atoms with E-state index in [0.717, 1.165) is 42.5 Å². The molecule has 0 spiro atoms. The molecule has 5 nitrogen and oxygen atoms in total. The molecule has 0 radical (unpaired) electrons. The first kappa shape index (κ1) is 20.8. The van der Waals surface area contributed by atoms with Crippen LogP contribution in [0.1, 0.15) is 32.8 Å². The Morgan fingerprint density at radius 1 is 1.09 bits per heavy atom. The van der Waals surface area contributed by atoms with Crippen LogP contribution in [0.2, 0.25) is 0 Å². The molecule has 0 aromatic heterocycles. The van der Waals surface area contributed by atoms with Gasteiger partial charge in [-0.05, 0) is 38.0 Å². The summed E-state index contributed by atoms with van der Waals surface area (Å²) >= 11 is 0. The average Bonchev–Trinajstić information content (AvgIpc) is 2.51. The zero-order chi connectivity index (χ0) is 15.5. The number of rotatable bonds is 8. The summed E-state index contributed by atoms with van der Waals surface area (Å²) in [7, 11) is 1.66. The number of hydrogen-bond acceptors (Lipinski definition) is 3. The molecular weight excluding hydrogens is 393 g/mol. The van der Waals surface area contributed by atoms with Crippen LogP contribution >= 0.6 is 24.0 Å². The van der Waals surface area contributed by atoms with Gasteiger partial charge in [0, 0.05) is 13.1 Å². The van der Waals surface area contributed by atoms with Gasteiger partial charge < -0.3 is 20.1 Å². The van der Waals surface area contributed by atoms with Crippen LogP contribution < -0.4 is 20.1 Å². The third-order valence-corrected chi connectivity index (χ3v) is 2.80. The van der Waals surface area contributed by atoms with Gasteiger partial charge in [0.1, 0.15) is 0 Å². The fourth-order valence-electron chi connectivity index (χ4n) is 1.82. The minimum atomic E-state index is 0. The molecule has 0 saturated carbocycles. The molecule has 22 heavy (non-hydrogen) atoms. The maximum absolute atomic E-state index is 5.65. The first-order valence-corrected chi connectivity index (χ1v) is 7.57. The highest BCUT2D eigenvalue weighted by molar-refractivity contribution is 14.0. The number of ether oxygens (including phenoxy) is 2.